The molecule has 1 aromatic rings. The maximum absolute atomic E-state index is 7.01. The highest BCUT2D eigenvalue weighted by Crippen LogP contribution is 2.07. The normalized spacial score (nSPS) is 10.9. The smallest absolute Gasteiger partial charge is 0.188 e. The van der Waals surface area contributed by atoms with Crippen LogP contribution in [0, 0.1) is 5.41 Å². The van der Waals surface area contributed by atoms with Gasteiger partial charge in [0.05, 0.1) is 0 Å². The highest BCUT2D eigenvalue weighted by atomic mass is 15.3. The molecule has 5 nitrogen and oxygen atoms in total. The number of nitrogens with one attached hydrogen (secondary N) is 2. The average molecular weight is 179 g/mol. The van der Waals surface area contributed by atoms with Gasteiger partial charge in [-0.3, -0.25) is 16.9 Å². The molecule has 0 aliphatic heterocycles. The number of guanidine groups is 1. The Morgan fingerprint density at radius 3 is 2.23 bits per heavy atom. The van der Waals surface area contributed by atoms with E-state index in [0.29, 0.717) is 5.56 Å². The van der Waals surface area contributed by atoms with Crippen LogP contribution >= 0.6 is 0 Å². The molecule has 0 heterocycles. The van der Waals surface area contributed by atoms with E-state index in [1.165, 1.54) is 0 Å². The van der Waals surface area contributed by atoms with Crippen LogP contribution in [0.1, 0.15) is 5.56 Å². The number of nitrogens with two attached hydrogens (primary N) is 3. The minimum Gasteiger partial charge on any atom is -0.370 e. The Balaban J connectivity index is 2.87. The van der Waals surface area contributed by atoms with Gasteiger partial charge < -0.3 is 11.1 Å². The quantitative estimate of drug-likeness (QED) is 0.232. The maximum atomic E-state index is 7.01. The number of hydrogen-bond donors (Lipinski definition) is 5. The van der Waals surface area contributed by atoms with Crippen LogP contribution in [0.5, 0.6) is 0 Å². The van der Waals surface area contributed by atoms with Gasteiger partial charge in [0.15, 0.2) is 11.7 Å². The molecule has 13 heavy (non-hydrogen) atoms. The zero-order valence-electron chi connectivity index (χ0n) is 7.12. The van der Waals surface area contributed by atoms with Crippen molar-refractivity contribution in [1.29, 1.82) is 5.41 Å². The van der Waals surface area contributed by atoms with Crippen molar-refractivity contribution in [2.75, 3.05) is 0 Å². The minimum atomic E-state index is -1.28. The first-order valence-corrected chi connectivity index (χ1v) is 3.78. The summed E-state index contributed by atoms with van der Waals surface area (Å²) >= 11 is 0. The van der Waals surface area contributed by atoms with Crippen LogP contribution in [0.4, 0.5) is 0 Å². The van der Waals surface area contributed by atoms with Crippen LogP contribution in [0.15, 0.2) is 30.3 Å². The summed E-state index contributed by atoms with van der Waals surface area (Å²) in [5.74, 6) is -1.54. The van der Waals surface area contributed by atoms with Crippen molar-refractivity contribution < 1.29 is 0 Å². The van der Waals surface area contributed by atoms with Crippen molar-refractivity contribution in [3.8, 4) is 0 Å². The van der Waals surface area contributed by atoms with Crippen molar-refractivity contribution in [2.24, 2.45) is 17.2 Å². The van der Waals surface area contributed by atoms with Crippen molar-refractivity contribution in [3.63, 3.8) is 0 Å². The Labute approximate surface area is 76.4 Å². The van der Waals surface area contributed by atoms with E-state index in [1.54, 1.807) is 12.1 Å². The van der Waals surface area contributed by atoms with Gasteiger partial charge in [0.25, 0.3) is 0 Å². The fourth-order valence-electron chi connectivity index (χ4n) is 1.01. The maximum Gasteiger partial charge on any atom is 0.188 e. The fraction of sp³-hybridized carbons (Fsp3) is 0.125. The lowest BCUT2D eigenvalue weighted by atomic mass is 10.1. The van der Waals surface area contributed by atoms with E-state index in [9.17, 15) is 0 Å². The molecule has 0 amide bonds. The average Bonchev–Trinajstić information content (AvgIpc) is 2.04. The van der Waals surface area contributed by atoms with Crippen LogP contribution in [-0.4, -0.2) is 5.96 Å². The fourth-order valence-corrected chi connectivity index (χ4v) is 1.01. The molecule has 0 aromatic heterocycles. The van der Waals surface area contributed by atoms with E-state index in [4.69, 9.17) is 22.6 Å². The van der Waals surface area contributed by atoms with Crippen LogP contribution in [0.2, 0.25) is 0 Å². The summed E-state index contributed by atoms with van der Waals surface area (Å²) in [4.78, 5) is 0. The molecule has 0 bridgehead atoms. The lowest BCUT2D eigenvalue weighted by molar-refractivity contribution is 0.425. The van der Waals surface area contributed by atoms with Crippen molar-refractivity contribution in [3.05, 3.63) is 35.9 Å². The van der Waals surface area contributed by atoms with Crippen LogP contribution in [-0.2, 0) is 5.79 Å². The predicted molar refractivity (Wildman–Crippen MR) is 51.5 cm³/mol. The lowest BCUT2D eigenvalue weighted by Gasteiger charge is -2.26. The van der Waals surface area contributed by atoms with Crippen LogP contribution < -0.4 is 22.5 Å². The van der Waals surface area contributed by atoms with E-state index < -0.39 is 5.79 Å². The van der Waals surface area contributed by atoms with Gasteiger partial charge in [0.1, 0.15) is 0 Å². The monoisotopic (exact) mass is 179 g/mol. The second-order valence-corrected chi connectivity index (χ2v) is 2.77. The molecular formula is C8H13N5. The molecule has 0 atom stereocenters. The molecule has 0 radical (unpaired) electrons. The molecule has 0 saturated carbocycles. The lowest BCUT2D eigenvalue weighted by Crippen LogP contribution is -2.61. The van der Waals surface area contributed by atoms with E-state index in [-0.39, 0.29) is 5.96 Å². The highest BCUT2D eigenvalue weighted by Gasteiger charge is 2.20. The third-order valence-electron chi connectivity index (χ3n) is 1.59. The van der Waals surface area contributed by atoms with E-state index in [2.05, 4.69) is 5.32 Å². The van der Waals surface area contributed by atoms with Gasteiger partial charge in [-0.2, -0.15) is 0 Å². The second-order valence-electron chi connectivity index (χ2n) is 2.77. The van der Waals surface area contributed by atoms with Gasteiger partial charge >= 0.3 is 0 Å². The van der Waals surface area contributed by atoms with Gasteiger partial charge in [-0.05, 0) is 0 Å². The van der Waals surface area contributed by atoms with Crippen LogP contribution in [0.3, 0.4) is 0 Å². The molecular weight excluding hydrogens is 166 g/mol. The zero-order valence-corrected chi connectivity index (χ0v) is 7.12. The Hall–Kier alpha value is -1.59. The first-order chi connectivity index (χ1) is 6.02. The summed E-state index contributed by atoms with van der Waals surface area (Å²) in [6.07, 6.45) is 0. The summed E-state index contributed by atoms with van der Waals surface area (Å²) in [6, 6.07) is 9.00. The van der Waals surface area contributed by atoms with Crippen LogP contribution in [0.25, 0.3) is 0 Å². The van der Waals surface area contributed by atoms with Gasteiger partial charge in [0, 0.05) is 5.56 Å². The molecule has 8 N–H and O–H groups in total. The molecule has 0 aliphatic carbocycles. The van der Waals surface area contributed by atoms with Gasteiger partial charge in [-0.25, -0.2) is 0 Å². The highest BCUT2D eigenvalue weighted by molar-refractivity contribution is 5.75. The van der Waals surface area contributed by atoms with Gasteiger partial charge in [-0.15, -0.1) is 0 Å². The standard InChI is InChI=1S/C8H13N5/c9-7(10)13-8(11,12)6-4-2-1-3-5-6/h1-5H,11-12H2,(H4,9,10,13). The molecule has 0 aliphatic rings. The third-order valence-corrected chi connectivity index (χ3v) is 1.59. The first kappa shape index (κ1) is 9.50. The van der Waals surface area contributed by atoms with Crippen molar-refractivity contribution in [2.45, 2.75) is 5.79 Å². The molecule has 0 spiro atoms. The molecule has 0 fully saturated rings. The summed E-state index contributed by atoms with van der Waals surface area (Å²) in [6.45, 7) is 0. The number of hydrogen-bond acceptors (Lipinski definition) is 3. The van der Waals surface area contributed by atoms with E-state index in [1.807, 2.05) is 18.2 Å². The van der Waals surface area contributed by atoms with E-state index >= 15 is 0 Å². The molecule has 1 rings (SSSR count). The second kappa shape index (κ2) is 3.42. The Morgan fingerprint density at radius 1 is 1.23 bits per heavy atom. The minimum absolute atomic E-state index is 0.256. The summed E-state index contributed by atoms with van der Waals surface area (Å²) in [5, 5.41) is 9.46. The Kier molecular flexibility index (Phi) is 2.50. The SMILES string of the molecule is N=C(N)NC(N)(N)c1ccccc1. The first-order valence-electron chi connectivity index (χ1n) is 3.78. The van der Waals surface area contributed by atoms with Gasteiger partial charge in [-0.1, -0.05) is 30.3 Å². The molecule has 5 heteroatoms. The topological polar surface area (TPSA) is 114 Å². The van der Waals surface area contributed by atoms with Crippen molar-refractivity contribution in [1.82, 2.24) is 5.32 Å². The number of rotatable bonds is 2. The Bertz CT molecular complexity index is 293. The molecule has 0 unspecified atom stereocenters. The van der Waals surface area contributed by atoms with Gasteiger partial charge in [0.2, 0.25) is 0 Å². The van der Waals surface area contributed by atoms with Crippen molar-refractivity contribution >= 4 is 5.96 Å². The summed E-state index contributed by atoms with van der Waals surface area (Å²) < 4.78 is 0. The summed E-state index contributed by atoms with van der Waals surface area (Å²) in [5.41, 5.74) is 17.2. The molecule has 1 aromatic carbocycles. The Morgan fingerprint density at radius 2 is 1.77 bits per heavy atom. The summed E-state index contributed by atoms with van der Waals surface area (Å²) in [7, 11) is 0. The largest absolute Gasteiger partial charge is 0.370 e. The third kappa shape index (κ3) is 2.43. The van der Waals surface area contributed by atoms with E-state index in [0.717, 1.165) is 0 Å². The zero-order chi connectivity index (χ0) is 9.90. The molecule has 70 valence electrons. The molecule has 0 saturated heterocycles. The number of benzene rings is 1. The predicted octanol–water partition coefficient (Wildman–Crippen LogP) is -0.803.